The van der Waals surface area contributed by atoms with Gasteiger partial charge in [-0.1, -0.05) is 67.1 Å². The van der Waals surface area contributed by atoms with Crippen LogP contribution in [0, 0.1) is 0 Å². The molecule has 0 aliphatic carbocycles. The summed E-state index contributed by atoms with van der Waals surface area (Å²) < 4.78 is 68.9. The zero-order valence-corrected chi connectivity index (χ0v) is 24.1. The van der Waals surface area contributed by atoms with E-state index >= 15 is 0 Å². The summed E-state index contributed by atoms with van der Waals surface area (Å²) in [4.78, 5) is 27.7. The molecule has 0 spiro atoms. The summed E-state index contributed by atoms with van der Waals surface area (Å²) in [6.07, 6.45) is -3.78. The van der Waals surface area contributed by atoms with Gasteiger partial charge >= 0.3 is 6.18 Å². The van der Waals surface area contributed by atoms with Crippen molar-refractivity contribution in [2.45, 2.75) is 43.8 Å². The molecular formula is C29H31ClF3N3O4S. The summed E-state index contributed by atoms with van der Waals surface area (Å²) >= 11 is 6.25. The van der Waals surface area contributed by atoms with Crippen LogP contribution in [0.3, 0.4) is 0 Å². The minimum absolute atomic E-state index is 0.0547. The summed E-state index contributed by atoms with van der Waals surface area (Å²) in [5.74, 6) is -1.23. The van der Waals surface area contributed by atoms with Gasteiger partial charge in [-0.15, -0.1) is 0 Å². The summed E-state index contributed by atoms with van der Waals surface area (Å²) in [6.45, 7) is 2.92. The lowest BCUT2D eigenvalue weighted by molar-refractivity contribution is -0.138. The number of sulfonamides is 1. The van der Waals surface area contributed by atoms with Gasteiger partial charge in [0.2, 0.25) is 11.8 Å². The highest BCUT2D eigenvalue weighted by Gasteiger charge is 2.36. The lowest BCUT2D eigenvalue weighted by Crippen LogP contribution is -2.52. The number of hydrogen-bond donors (Lipinski definition) is 1. The first-order chi connectivity index (χ1) is 19.4. The summed E-state index contributed by atoms with van der Waals surface area (Å²) in [6, 6.07) is 17.5. The SMILES string of the molecule is CCCNC(=O)[C@H](C)N(CCc1ccccc1)C(=O)CN(c1cc(C(F)(F)F)ccc1Cl)S(=O)(=O)c1ccccc1. The number of hydrogen-bond acceptors (Lipinski definition) is 4. The first-order valence-electron chi connectivity index (χ1n) is 12.9. The maximum Gasteiger partial charge on any atom is 0.416 e. The fraction of sp³-hybridized carbons (Fsp3) is 0.310. The largest absolute Gasteiger partial charge is 0.416 e. The second-order valence-corrected chi connectivity index (χ2v) is 11.5. The van der Waals surface area contributed by atoms with Gasteiger partial charge in [0.25, 0.3) is 10.0 Å². The maximum absolute atomic E-state index is 13.8. The Morgan fingerprint density at radius 3 is 2.17 bits per heavy atom. The van der Waals surface area contributed by atoms with Crippen LogP contribution in [0.25, 0.3) is 0 Å². The van der Waals surface area contributed by atoms with Crippen molar-refractivity contribution in [1.82, 2.24) is 10.2 Å². The molecule has 0 radical (unpaired) electrons. The molecular weight excluding hydrogens is 579 g/mol. The monoisotopic (exact) mass is 609 g/mol. The van der Waals surface area contributed by atoms with Gasteiger partial charge in [-0.2, -0.15) is 13.2 Å². The minimum atomic E-state index is -4.79. The molecule has 2 amide bonds. The molecule has 12 heteroatoms. The molecule has 0 heterocycles. The number of carbonyl (C=O) groups excluding carboxylic acids is 2. The van der Waals surface area contributed by atoms with Crippen molar-refractivity contribution < 1.29 is 31.2 Å². The van der Waals surface area contributed by atoms with Gasteiger partial charge in [0, 0.05) is 13.1 Å². The molecule has 0 aliphatic heterocycles. The van der Waals surface area contributed by atoms with Crippen molar-refractivity contribution in [3.63, 3.8) is 0 Å². The third-order valence-electron chi connectivity index (χ3n) is 6.35. The van der Waals surface area contributed by atoms with Crippen molar-refractivity contribution in [3.8, 4) is 0 Å². The Hall–Kier alpha value is -3.57. The Morgan fingerprint density at radius 1 is 0.976 bits per heavy atom. The molecule has 1 N–H and O–H groups in total. The molecule has 0 saturated heterocycles. The molecule has 0 bridgehead atoms. The van der Waals surface area contributed by atoms with Gasteiger partial charge in [-0.25, -0.2) is 8.42 Å². The highest BCUT2D eigenvalue weighted by molar-refractivity contribution is 7.92. The van der Waals surface area contributed by atoms with Crippen molar-refractivity contribution in [3.05, 3.63) is 95.0 Å². The third-order valence-corrected chi connectivity index (χ3v) is 8.45. The highest BCUT2D eigenvalue weighted by atomic mass is 35.5. The Morgan fingerprint density at radius 2 is 1.59 bits per heavy atom. The topological polar surface area (TPSA) is 86.8 Å². The maximum atomic E-state index is 13.8. The summed E-state index contributed by atoms with van der Waals surface area (Å²) in [5, 5.41) is 2.43. The van der Waals surface area contributed by atoms with Crippen LogP contribution in [0.2, 0.25) is 5.02 Å². The van der Waals surface area contributed by atoms with Crippen LogP contribution in [0.15, 0.2) is 83.8 Å². The fourth-order valence-electron chi connectivity index (χ4n) is 4.08. The zero-order valence-electron chi connectivity index (χ0n) is 22.6. The molecule has 0 aliphatic rings. The van der Waals surface area contributed by atoms with Crippen molar-refractivity contribution in [2.75, 3.05) is 23.9 Å². The highest BCUT2D eigenvalue weighted by Crippen LogP contribution is 2.37. The van der Waals surface area contributed by atoms with Crippen LogP contribution in [0.4, 0.5) is 18.9 Å². The van der Waals surface area contributed by atoms with Gasteiger partial charge in [0.15, 0.2) is 0 Å². The second kappa shape index (κ2) is 13.9. The van der Waals surface area contributed by atoms with E-state index < -0.39 is 51.9 Å². The molecule has 0 saturated carbocycles. The Balaban J connectivity index is 2.06. The lowest BCUT2D eigenvalue weighted by atomic mass is 10.1. The van der Waals surface area contributed by atoms with E-state index in [1.807, 2.05) is 37.3 Å². The number of carbonyl (C=O) groups is 2. The van der Waals surface area contributed by atoms with Crippen molar-refractivity contribution >= 4 is 39.1 Å². The number of nitrogens with one attached hydrogen (secondary N) is 1. The molecule has 0 unspecified atom stereocenters. The van der Waals surface area contributed by atoms with E-state index in [2.05, 4.69) is 5.32 Å². The molecule has 3 aromatic rings. The molecule has 0 fully saturated rings. The minimum Gasteiger partial charge on any atom is -0.354 e. The number of rotatable bonds is 12. The van der Waals surface area contributed by atoms with Gasteiger partial charge in [0.05, 0.1) is 21.2 Å². The predicted octanol–water partition coefficient (Wildman–Crippen LogP) is 5.54. The molecule has 41 heavy (non-hydrogen) atoms. The third kappa shape index (κ3) is 8.23. The standard InChI is InChI=1S/C29H31ClF3N3O4S/c1-3-17-34-28(38)21(2)35(18-16-22-10-6-4-7-11-22)27(37)20-36(41(39,40)24-12-8-5-9-13-24)26-19-23(29(31,32)33)14-15-25(26)30/h4-15,19,21H,3,16-18,20H2,1-2H3,(H,34,38)/t21-/m0/s1. The Labute approximate surface area is 243 Å². The van der Waals surface area contributed by atoms with Crippen LogP contribution in [-0.4, -0.2) is 50.8 Å². The van der Waals surface area contributed by atoms with E-state index in [0.29, 0.717) is 29.8 Å². The van der Waals surface area contributed by atoms with E-state index in [1.165, 1.54) is 36.1 Å². The Kier molecular flexibility index (Phi) is 10.8. The second-order valence-electron chi connectivity index (χ2n) is 9.28. The van der Waals surface area contributed by atoms with Crippen molar-refractivity contribution in [1.29, 1.82) is 0 Å². The lowest BCUT2D eigenvalue weighted by Gasteiger charge is -2.32. The number of benzene rings is 3. The average Bonchev–Trinajstić information content (AvgIpc) is 2.95. The quantitative estimate of drug-likeness (QED) is 0.292. The van der Waals surface area contributed by atoms with Crippen LogP contribution >= 0.6 is 11.6 Å². The number of anilines is 1. The first kappa shape index (κ1) is 32.0. The molecule has 0 aromatic heterocycles. The number of alkyl halides is 3. The smallest absolute Gasteiger partial charge is 0.354 e. The zero-order chi connectivity index (χ0) is 30.2. The molecule has 220 valence electrons. The van der Waals surface area contributed by atoms with Crippen LogP contribution in [0.1, 0.15) is 31.4 Å². The van der Waals surface area contributed by atoms with Gasteiger partial charge in [-0.05, 0) is 55.7 Å². The summed E-state index contributed by atoms with van der Waals surface area (Å²) in [7, 11) is -4.56. The number of amides is 2. The van der Waals surface area contributed by atoms with Gasteiger partial charge < -0.3 is 10.2 Å². The van der Waals surface area contributed by atoms with E-state index in [0.717, 1.165) is 17.7 Å². The number of halogens is 4. The average molecular weight is 610 g/mol. The van der Waals surface area contributed by atoms with Gasteiger partial charge in [-0.3, -0.25) is 13.9 Å². The predicted molar refractivity (Wildman–Crippen MR) is 152 cm³/mol. The van der Waals surface area contributed by atoms with Crippen LogP contribution in [0.5, 0.6) is 0 Å². The Bertz CT molecular complexity index is 1440. The van der Waals surface area contributed by atoms with E-state index in [4.69, 9.17) is 11.6 Å². The summed E-state index contributed by atoms with van der Waals surface area (Å²) in [5.41, 5.74) is -0.767. The molecule has 7 nitrogen and oxygen atoms in total. The van der Waals surface area contributed by atoms with E-state index in [1.54, 1.807) is 6.07 Å². The first-order valence-corrected chi connectivity index (χ1v) is 14.7. The van der Waals surface area contributed by atoms with Gasteiger partial charge in [0.1, 0.15) is 12.6 Å². The van der Waals surface area contributed by atoms with Crippen molar-refractivity contribution in [2.24, 2.45) is 0 Å². The van der Waals surface area contributed by atoms with E-state index in [-0.39, 0.29) is 16.5 Å². The molecule has 1 atom stereocenters. The molecule has 3 rings (SSSR count). The normalized spacial score (nSPS) is 12.4. The fourth-order valence-corrected chi connectivity index (χ4v) is 5.79. The van der Waals surface area contributed by atoms with Crippen LogP contribution in [-0.2, 0) is 32.2 Å². The number of nitrogens with zero attached hydrogens (tertiary/aromatic N) is 2. The van der Waals surface area contributed by atoms with Crippen LogP contribution < -0.4 is 9.62 Å². The van der Waals surface area contributed by atoms with E-state index in [9.17, 15) is 31.2 Å². The molecule has 3 aromatic carbocycles.